The Bertz CT molecular complexity index is 1420. The van der Waals surface area contributed by atoms with Gasteiger partial charge in [-0.05, 0) is 64.2 Å². The molecule has 1 unspecified atom stereocenters. The first-order valence-electron chi connectivity index (χ1n) is 12.8. The Hall–Kier alpha value is -3.33. The topological polar surface area (TPSA) is 49.8 Å². The first-order valence-corrected chi connectivity index (χ1v) is 14.0. The summed E-state index contributed by atoms with van der Waals surface area (Å²) < 4.78 is 52.0. The lowest BCUT2D eigenvalue weighted by Gasteiger charge is -2.51. The molecule has 0 aliphatic rings. The number of nitrogens with zero attached hydrogens (tertiary/aromatic N) is 1. The van der Waals surface area contributed by atoms with Crippen LogP contribution in [0.15, 0.2) is 114 Å². The number of hydrogen-bond acceptors (Lipinski definition) is 3. The molecule has 0 saturated carbocycles. The second kappa shape index (κ2) is 12.7. The normalized spacial score (nSPS) is 13.5. The third-order valence-corrected chi connectivity index (χ3v) is 8.41. The van der Waals surface area contributed by atoms with E-state index in [1.54, 1.807) is 73.7 Å². The summed E-state index contributed by atoms with van der Waals surface area (Å²) in [7, 11) is 0. The zero-order valence-electron chi connectivity index (χ0n) is 22.1. The van der Waals surface area contributed by atoms with Crippen LogP contribution in [-0.4, -0.2) is 35.3 Å². The Labute approximate surface area is 250 Å². The highest BCUT2D eigenvalue weighted by Gasteiger charge is 2.62. The van der Waals surface area contributed by atoms with Crippen molar-refractivity contribution < 1.29 is 27.8 Å². The van der Waals surface area contributed by atoms with Crippen molar-refractivity contribution in [3.63, 3.8) is 0 Å². The van der Waals surface area contributed by atoms with Crippen molar-refractivity contribution in [2.75, 3.05) is 13.2 Å². The van der Waals surface area contributed by atoms with Crippen LogP contribution in [0.4, 0.5) is 13.2 Å². The van der Waals surface area contributed by atoms with Gasteiger partial charge in [-0.3, -0.25) is 4.90 Å². The molecule has 0 saturated heterocycles. The highest BCUT2D eigenvalue weighted by Crippen LogP contribution is 2.53. The lowest BCUT2D eigenvalue weighted by molar-refractivity contribution is -0.220. The standard InChI is InChI=1S/C32H28BrClF3NO3/c1-30(23-12-5-2-6-13-23,24-14-7-3-8-15-24)38(31(34,32(35,36)37)25-16-9-4-10-17-25)20-11-21-41-26-18-19-28(33)27(22-26)29(39)40/h2-10,12-19,22H,11,20-21H2,1H3,(H,39,40). The van der Waals surface area contributed by atoms with Gasteiger partial charge >= 0.3 is 12.1 Å². The van der Waals surface area contributed by atoms with Gasteiger partial charge in [-0.1, -0.05) is 103 Å². The fraction of sp³-hybridized carbons (Fsp3) is 0.219. The molecule has 1 atom stereocenters. The molecule has 41 heavy (non-hydrogen) atoms. The van der Waals surface area contributed by atoms with Crippen molar-refractivity contribution in [1.29, 1.82) is 0 Å². The molecule has 0 bridgehead atoms. The summed E-state index contributed by atoms with van der Waals surface area (Å²) in [6, 6.07) is 30.0. The monoisotopic (exact) mass is 645 g/mol. The van der Waals surface area contributed by atoms with Gasteiger partial charge in [0.05, 0.1) is 17.7 Å². The van der Waals surface area contributed by atoms with Crippen molar-refractivity contribution in [3.8, 4) is 5.75 Å². The van der Waals surface area contributed by atoms with E-state index in [-0.39, 0.29) is 30.7 Å². The average Bonchev–Trinajstić information content (AvgIpc) is 2.98. The molecule has 4 rings (SSSR count). The molecule has 0 heterocycles. The maximum Gasteiger partial charge on any atom is 0.425 e. The predicted octanol–water partition coefficient (Wildman–Crippen LogP) is 8.84. The molecule has 9 heteroatoms. The summed E-state index contributed by atoms with van der Waals surface area (Å²) in [4.78, 5) is 9.89. The highest BCUT2D eigenvalue weighted by atomic mass is 79.9. The first kappa shape index (κ1) is 30.6. The molecule has 0 aliphatic heterocycles. The van der Waals surface area contributed by atoms with Crippen LogP contribution in [-0.2, 0) is 10.5 Å². The molecule has 0 aromatic heterocycles. The number of hydrogen-bond donors (Lipinski definition) is 1. The largest absolute Gasteiger partial charge is 0.494 e. The first-order chi connectivity index (χ1) is 19.5. The summed E-state index contributed by atoms with van der Waals surface area (Å²) in [6.07, 6.45) is -4.71. The van der Waals surface area contributed by atoms with E-state index >= 15 is 13.2 Å². The SMILES string of the molecule is CC(c1ccccc1)(c1ccccc1)N(CCCOc1ccc(Br)c(C(=O)O)c1)C(Cl)(c1ccccc1)C(F)(F)F. The maximum absolute atomic E-state index is 15.3. The van der Waals surface area contributed by atoms with Gasteiger partial charge in [0.1, 0.15) is 5.75 Å². The van der Waals surface area contributed by atoms with E-state index in [4.69, 9.17) is 16.3 Å². The molecule has 0 aliphatic carbocycles. The van der Waals surface area contributed by atoms with Crippen molar-refractivity contribution >= 4 is 33.5 Å². The number of rotatable bonds is 11. The van der Waals surface area contributed by atoms with Gasteiger partial charge < -0.3 is 9.84 Å². The fourth-order valence-electron chi connectivity index (χ4n) is 4.99. The van der Waals surface area contributed by atoms with E-state index in [0.29, 0.717) is 21.3 Å². The Kier molecular flexibility index (Phi) is 9.47. The van der Waals surface area contributed by atoms with E-state index in [1.807, 2.05) is 12.1 Å². The summed E-state index contributed by atoms with van der Waals surface area (Å²) in [5.74, 6) is -0.836. The molecule has 1 N–H and O–H groups in total. The van der Waals surface area contributed by atoms with E-state index < -0.39 is 22.7 Å². The number of carboxylic acid groups (broad SMARTS) is 1. The molecular weight excluding hydrogens is 619 g/mol. The minimum atomic E-state index is -4.87. The van der Waals surface area contributed by atoms with Gasteiger partial charge in [0, 0.05) is 11.0 Å². The van der Waals surface area contributed by atoms with Gasteiger partial charge in [-0.15, -0.1) is 0 Å². The molecule has 4 aromatic rings. The third-order valence-electron chi connectivity index (χ3n) is 7.08. The quantitative estimate of drug-likeness (QED) is 0.101. The molecule has 0 spiro atoms. The second-order valence-electron chi connectivity index (χ2n) is 9.59. The zero-order chi connectivity index (χ0) is 29.7. The van der Waals surface area contributed by atoms with Crippen LogP contribution in [0.2, 0.25) is 0 Å². The number of halogens is 5. The summed E-state index contributed by atoms with van der Waals surface area (Å²) in [5, 5.41) is 9.40. The fourth-order valence-corrected chi connectivity index (χ4v) is 5.79. The minimum Gasteiger partial charge on any atom is -0.494 e. The lowest BCUT2D eigenvalue weighted by atomic mass is 9.80. The maximum atomic E-state index is 15.3. The van der Waals surface area contributed by atoms with E-state index in [0.717, 1.165) is 0 Å². The van der Waals surface area contributed by atoms with Crippen molar-refractivity contribution in [2.45, 2.75) is 30.1 Å². The van der Waals surface area contributed by atoms with Crippen molar-refractivity contribution in [2.24, 2.45) is 0 Å². The van der Waals surface area contributed by atoms with Gasteiger partial charge in [0.25, 0.3) is 0 Å². The van der Waals surface area contributed by atoms with E-state index in [2.05, 4.69) is 15.9 Å². The molecular formula is C32H28BrClF3NO3. The van der Waals surface area contributed by atoms with Gasteiger partial charge in [0.2, 0.25) is 5.00 Å². The van der Waals surface area contributed by atoms with Crippen LogP contribution >= 0.6 is 27.5 Å². The summed E-state index contributed by atoms with van der Waals surface area (Å²) in [6.45, 7) is 1.66. The number of benzene rings is 4. The number of carboxylic acids is 1. The van der Waals surface area contributed by atoms with Gasteiger partial charge in [-0.25, -0.2) is 4.79 Å². The second-order valence-corrected chi connectivity index (χ2v) is 11.0. The van der Waals surface area contributed by atoms with Gasteiger partial charge in [0.15, 0.2) is 0 Å². The van der Waals surface area contributed by atoms with Gasteiger partial charge in [-0.2, -0.15) is 13.2 Å². The smallest absolute Gasteiger partial charge is 0.425 e. The molecule has 4 nitrogen and oxygen atoms in total. The summed E-state index contributed by atoms with van der Waals surface area (Å²) in [5.41, 5.74) is -0.130. The third kappa shape index (κ3) is 6.30. The highest BCUT2D eigenvalue weighted by molar-refractivity contribution is 9.10. The molecule has 0 radical (unpaired) electrons. The van der Waals surface area contributed by atoms with E-state index in [9.17, 15) is 9.90 Å². The predicted molar refractivity (Wildman–Crippen MR) is 157 cm³/mol. The number of carbonyl (C=O) groups is 1. The van der Waals surface area contributed by atoms with Crippen LogP contribution in [0.5, 0.6) is 5.75 Å². The molecule has 4 aromatic carbocycles. The Morgan fingerprint density at radius 3 is 1.80 bits per heavy atom. The van der Waals surface area contributed by atoms with Crippen LogP contribution in [0.1, 0.15) is 40.4 Å². The van der Waals surface area contributed by atoms with Crippen LogP contribution in [0.3, 0.4) is 0 Å². The zero-order valence-corrected chi connectivity index (χ0v) is 24.5. The Morgan fingerprint density at radius 1 is 0.854 bits per heavy atom. The lowest BCUT2D eigenvalue weighted by Crippen LogP contribution is -2.60. The number of alkyl halides is 4. The molecule has 0 fully saturated rings. The summed E-state index contributed by atoms with van der Waals surface area (Å²) >= 11 is 10.0. The van der Waals surface area contributed by atoms with Crippen molar-refractivity contribution in [3.05, 3.63) is 136 Å². The van der Waals surface area contributed by atoms with Crippen LogP contribution < -0.4 is 4.74 Å². The van der Waals surface area contributed by atoms with Crippen molar-refractivity contribution in [1.82, 2.24) is 4.90 Å². The van der Waals surface area contributed by atoms with Crippen LogP contribution in [0, 0.1) is 0 Å². The Morgan fingerprint density at radius 2 is 1.34 bits per heavy atom. The molecule has 214 valence electrons. The van der Waals surface area contributed by atoms with Crippen LogP contribution in [0.25, 0.3) is 0 Å². The number of aromatic carboxylic acids is 1. The Balaban J connectivity index is 1.79. The number of ether oxygens (including phenoxy) is 1. The minimum absolute atomic E-state index is 0.0192. The molecule has 0 amide bonds. The van der Waals surface area contributed by atoms with E-state index in [1.165, 1.54) is 35.2 Å². The average molecular weight is 647 g/mol.